The molecule has 1 aliphatic rings. The molecule has 1 saturated heterocycles. The zero-order chi connectivity index (χ0) is 15.4. The summed E-state index contributed by atoms with van der Waals surface area (Å²) in [5, 5.41) is 20.5. The van der Waals surface area contributed by atoms with Crippen molar-refractivity contribution in [3.05, 3.63) is 38.3 Å². The van der Waals surface area contributed by atoms with Crippen molar-refractivity contribution in [3.8, 4) is 0 Å². The number of nitro benzene ring substituents is 1. The van der Waals surface area contributed by atoms with Crippen LogP contribution in [0.3, 0.4) is 0 Å². The van der Waals surface area contributed by atoms with E-state index >= 15 is 0 Å². The van der Waals surface area contributed by atoms with Crippen LogP contribution in [0.2, 0.25) is 0 Å². The summed E-state index contributed by atoms with van der Waals surface area (Å²) in [6, 6.07) is 4.33. The van der Waals surface area contributed by atoms with Crippen LogP contribution in [0.5, 0.6) is 0 Å². The second-order valence-corrected chi connectivity index (χ2v) is 6.12. The van der Waals surface area contributed by atoms with Crippen LogP contribution < -0.4 is 0 Å². The van der Waals surface area contributed by atoms with Crippen molar-refractivity contribution in [2.24, 2.45) is 0 Å². The van der Waals surface area contributed by atoms with Crippen LogP contribution in [0.25, 0.3) is 0 Å². The quantitative estimate of drug-likeness (QED) is 0.661. The summed E-state index contributed by atoms with van der Waals surface area (Å²) in [7, 11) is 0. The normalized spacial score (nSPS) is 20.0. The molecule has 0 bridgehead atoms. The molecule has 7 heteroatoms. The van der Waals surface area contributed by atoms with E-state index < -0.39 is 16.9 Å². The van der Waals surface area contributed by atoms with E-state index in [0.29, 0.717) is 29.5 Å². The van der Waals surface area contributed by atoms with Gasteiger partial charge in [-0.1, -0.05) is 28.8 Å². The van der Waals surface area contributed by atoms with Gasteiger partial charge < -0.3 is 5.11 Å². The first kappa shape index (κ1) is 15.9. The molecule has 0 radical (unpaired) electrons. The molecule has 6 nitrogen and oxygen atoms in total. The number of rotatable bonds is 4. The molecular formula is C14H17BrN2O4. The number of aliphatic carboxylic acids is 1. The van der Waals surface area contributed by atoms with Gasteiger partial charge in [0.05, 0.1) is 4.92 Å². The number of carboxylic acid groups (broad SMARTS) is 1. The Labute approximate surface area is 131 Å². The van der Waals surface area contributed by atoms with E-state index in [9.17, 15) is 20.0 Å². The Morgan fingerprint density at radius 3 is 2.86 bits per heavy atom. The number of nitro groups is 1. The number of carbonyl (C=O) groups is 1. The van der Waals surface area contributed by atoms with Gasteiger partial charge in [-0.3, -0.25) is 19.8 Å². The maximum atomic E-state index is 11.4. The Hall–Kier alpha value is -1.47. The van der Waals surface area contributed by atoms with Gasteiger partial charge >= 0.3 is 5.97 Å². The highest BCUT2D eigenvalue weighted by molar-refractivity contribution is 9.10. The van der Waals surface area contributed by atoms with Crippen LogP contribution in [0.15, 0.2) is 22.7 Å². The Morgan fingerprint density at radius 1 is 1.43 bits per heavy atom. The Bertz CT molecular complexity index is 550. The SMILES string of the molecule is O=C(O)C1CCCCCN1Cc1ccc(Br)cc1[N+](=O)[O-]. The molecule has 0 aliphatic carbocycles. The van der Waals surface area contributed by atoms with Crippen LogP contribution in [-0.2, 0) is 11.3 Å². The van der Waals surface area contributed by atoms with Crippen molar-refractivity contribution >= 4 is 27.6 Å². The monoisotopic (exact) mass is 356 g/mol. The molecule has 1 atom stereocenters. The van der Waals surface area contributed by atoms with Gasteiger partial charge in [-0.2, -0.15) is 0 Å². The highest BCUT2D eigenvalue weighted by atomic mass is 79.9. The Kier molecular flexibility index (Phi) is 5.30. The van der Waals surface area contributed by atoms with E-state index in [0.717, 1.165) is 19.3 Å². The number of benzene rings is 1. The molecule has 1 heterocycles. The van der Waals surface area contributed by atoms with Crippen molar-refractivity contribution in [1.29, 1.82) is 0 Å². The van der Waals surface area contributed by atoms with Gasteiger partial charge in [-0.25, -0.2) is 0 Å². The lowest BCUT2D eigenvalue weighted by Crippen LogP contribution is -2.40. The van der Waals surface area contributed by atoms with Crippen molar-refractivity contribution in [2.45, 2.75) is 38.3 Å². The first-order valence-electron chi connectivity index (χ1n) is 6.88. The van der Waals surface area contributed by atoms with Gasteiger partial charge in [0.2, 0.25) is 0 Å². The summed E-state index contributed by atoms with van der Waals surface area (Å²) in [5.74, 6) is -0.850. The van der Waals surface area contributed by atoms with Crippen molar-refractivity contribution < 1.29 is 14.8 Å². The molecule has 1 N–H and O–H groups in total. The number of halogens is 1. The highest BCUT2D eigenvalue weighted by Gasteiger charge is 2.28. The van der Waals surface area contributed by atoms with Crippen LogP contribution >= 0.6 is 15.9 Å². The van der Waals surface area contributed by atoms with Crippen molar-refractivity contribution in [3.63, 3.8) is 0 Å². The van der Waals surface area contributed by atoms with Crippen LogP contribution in [0.4, 0.5) is 5.69 Å². The smallest absolute Gasteiger partial charge is 0.320 e. The first-order valence-corrected chi connectivity index (χ1v) is 7.68. The minimum absolute atomic E-state index is 0.0257. The third kappa shape index (κ3) is 4.01. The summed E-state index contributed by atoms with van der Waals surface area (Å²) < 4.78 is 0.642. The van der Waals surface area contributed by atoms with E-state index in [-0.39, 0.29) is 5.69 Å². The number of hydrogen-bond donors (Lipinski definition) is 1. The first-order chi connectivity index (χ1) is 9.99. The zero-order valence-corrected chi connectivity index (χ0v) is 13.1. The van der Waals surface area contributed by atoms with Crippen LogP contribution in [0, 0.1) is 10.1 Å². The standard InChI is InChI=1S/C14H17BrN2O4/c15-11-6-5-10(13(8-11)17(20)21)9-16-7-3-1-2-4-12(16)14(18)19/h5-6,8,12H,1-4,7,9H2,(H,18,19). The average Bonchev–Trinajstić information content (AvgIpc) is 2.66. The molecule has 21 heavy (non-hydrogen) atoms. The van der Waals surface area contributed by atoms with Crippen LogP contribution in [-0.4, -0.2) is 33.5 Å². The molecule has 114 valence electrons. The van der Waals surface area contributed by atoms with E-state index in [1.165, 1.54) is 6.07 Å². The van der Waals surface area contributed by atoms with E-state index in [2.05, 4.69) is 15.9 Å². The van der Waals surface area contributed by atoms with Gasteiger partial charge in [-0.05, 0) is 31.5 Å². The number of likely N-dealkylation sites (tertiary alicyclic amines) is 1. The third-order valence-corrected chi connectivity index (χ3v) is 4.26. The fraction of sp³-hybridized carbons (Fsp3) is 0.500. The summed E-state index contributed by atoms with van der Waals surface area (Å²) in [6.45, 7) is 0.949. The molecule has 1 unspecified atom stereocenters. The highest BCUT2D eigenvalue weighted by Crippen LogP contribution is 2.27. The Balaban J connectivity index is 2.26. The molecule has 0 spiro atoms. The second-order valence-electron chi connectivity index (χ2n) is 5.20. The molecule has 2 rings (SSSR count). The van der Waals surface area contributed by atoms with Crippen molar-refractivity contribution in [1.82, 2.24) is 4.90 Å². The zero-order valence-electron chi connectivity index (χ0n) is 11.5. The summed E-state index contributed by atoms with van der Waals surface area (Å²) in [6.07, 6.45) is 3.41. The molecular weight excluding hydrogens is 340 g/mol. The van der Waals surface area contributed by atoms with E-state index in [1.54, 1.807) is 12.1 Å². The van der Waals surface area contributed by atoms with E-state index in [1.807, 2.05) is 4.90 Å². The maximum Gasteiger partial charge on any atom is 0.320 e. The molecule has 1 aromatic carbocycles. The number of carboxylic acids is 1. The number of nitrogens with zero attached hydrogens (tertiary/aromatic N) is 2. The molecule has 0 amide bonds. The van der Waals surface area contributed by atoms with Gasteiger partial charge in [0.25, 0.3) is 5.69 Å². The maximum absolute atomic E-state index is 11.4. The Morgan fingerprint density at radius 2 is 2.19 bits per heavy atom. The largest absolute Gasteiger partial charge is 0.480 e. The molecule has 1 aromatic rings. The summed E-state index contributed by atoms with van der Waals surface area (Å²) in [4.78, 5) is 24.0. The molecule has 0 saturated carbocycles. The lowest BCUT2D eigenvalue weighted by molar-refractivity contribution is -0.385. The fourth-order valence-electron chi connectivity index (χ4n) is 2.70. The van der Waals surface area contributed by atoms with Gasteiger partial charge in [0.15, 0.2) is 0 Å². The van der Waals surface area contributed by atoms with E-state index in [4.69, 9.17) is 0 Å². The minimum Gasteiger partial charge on any atom is -0.480 e. The predicted octanol–water partition coefficient (Wildman–Crippen LogP) is 3.19. The lowest BCUT2D eigenvalue weighted by atomic mass is 10.1. The predicted molar refractivity (Wildman–Crippen MR) is 81.1 cm³/mol. The summed E-state index contributed by atoms with van der Waals surface area (Å²) >= 11 is 3.23. The average molecular weight is 357 g/mol. The molecule has 1 fully saturated rings. The summed E-state index contributed by atoms with van der Waals surface area (Å²) in [5.41, 5.74) is 0.578. The van der Waals surface area contributed by atoms with Crippen LogP contribution in [0.1, 0.15) is 31.2 Å². The van der Waals surface area contributed by atoms with Gasteiger partial charge in [-0.15, -0.1) is 0 Å². The number of hydrogen-bond acceptors (Lipinski definition) is 4. The molecule has 0 aromatic heterocycles. The minimum atomic E-state index is -0.850. The molecule has 1 aliphatic heterocycles. The topological polar surface area (TPSA) is 83.7 Å². The van der Waals surface area contributed by atoms with Gasteiger partial charge in [0.1, 0.15) is 6.04 Å². The lowest BCUT2D eigenvalue weighted by Gasteiger charge is -2.26. The van der Waals surface area contributed by atoms with Gasteiger partial charge in [0, 0.05) is 22.6 Å². The van der Waals surface area contributed by atoms with Crippen molar-refractivity contribution in [2.75, 3.05) is 6.54 Å². The second kappa shape index (κ2) is 7.00. The third-order valence-electron chi connectivity index (χ3n) is 3.77. The fourth-order valence-corrected chi connectivity index (χ4v) is 3.05.